The Morgan fingerprint density at radius 2 is 1.82 bits per heavy atom. The second-order valence-electron chi connectivity index (χ2n) is 4.92. The van der Waals surface area contributed by atoms with Crippen LogP contribution in [-0.4, -0.2) is 27.8 Å². The molecule has 1 aliphatic heterocycles. The van der Waals surface area contributed by atoms with Crippen LogP contribution in [0.3, 0.4) is 0 Å². The fourth-order valence-electron chi connectivity index (χ4n) is 2.50. The second-order valence-corrected chi connectivity index (χ2v) is 6.36. The average molecular weight is 269 g/mol. The zero-order valence-corrected chi connectivity index (χ0v) is 11.7. The molecule has 17 heavy (non-hydrogen) atoms. The van der Waals surface area contributed by atoms with Crippen LogP contribution in [0.4, 0.5) is 0 Å². The van der Waals surface area contributed by atoms with Gasteiger partial charge in [-0.05, 0) is 37.6 Å². The molecule has 0 aromatic rings. The number of nitrogens with zero attached hydrogens (tertiary/aromatic N) is 2. The van der Waals surface area contributed by atoms with E-state index in [1.54, 1.807) is 0 Å². The van der Waals surface area contributed by atoms with Gasteiger partial charge in [0.2, 0.25) is 0 Å². The average Bonchev–Trinajstić information content (AvgIpc) is 2.91. The predicted octanol–water partition coefficient (Wildman–Crippen LogP) is 2.83. The van der Waals surface area contributed by atoms with Gasteiger partial charge in [0.1, 0.15) is 5.54 Å². The van der Waals surface area contributed by atoms with Gasteiger partial charge in [0, 0.05) is 13.1 Å². The summed E-state index contributed by atoms with van der Waals surface area (Å²) in [5.74, 6) is 0. The van der Waals surface area contributed by atoms with Crippen molar-refractivity contribution in [3.05, 3.63) is 0 Å². The Balaban J connectivity index is 1.83. The molecular formula is C12H19N3S2. The summed E-state index contributed by atoms with van der Waals surface area (Å²) in [5, 5.41) is 9.34. The molecule has 94 valence electrons. The Hall–Kier alpha value is -0.310. The molecule has 3 nitrogen and oxygen atoms in total. The van der Waals surface area contributed by atoms with Crippen molar-refractivity contribution in [2.45, 2.75) is 50.5 Å². The van der Waals surface area contributed by atoms with E-state index >= 15 is 0 Å². The second kappa shape index (κ2) is 6.03. The molecule has 0 unspecified atom stereocenters. The summed E-state index contributed by atoms with van der Waals surface area (Å²) in [6, 6.07) is 2.45. The first-order valence-electron chi connectivity index (χ1n) is 6.40. The van der Waals surface area contributed by atoms with E-state index in [2.05, 4.69) is 15.7 Å². The van der Waals surface area contributed by atoms with Crippen LogP contribution in [0.2, 0.25) is 0 Å². The Morgan fingerprint density at radius 1 is 1.18 bits per heavy atom. The third kappa shape index (κ3) is 3.34. The highest BCUT2D eigenvalue weighted by Crippen LogP contribution is 2.30. The summed E-state index contributed by atoms with van der Waals surface area (Å²) in [5.41, 5.74) is -0.341. The molecule has 5 heteroatoms. The molecule has 0 radical (unpaired) electrons. The molecule has 0 amide bonds. The Morgan fingerprint density at radius 3 is 2.41 bits per heavy atom. The predicted molar refractivity (Wildman–Crippen MR) is 75.6 cm³/mol. The molecule has 0 atom stereocenters. The van der Waals surface area contributed by atoms with Gasteiger partial charge in [-0.3, -0.25) is 0 Å². The van der Waals surface area contributed by atoms with Crippen LogP contribution in [0.25, 0.3) is 0 Å². The summed E-state index contributed by atoms with van der Waals surface area (Å²) in [7, 11) is 0. The lowest BCUT2D eigenvalue weighted by atomic mass is 9.84. The highest BCUT2D eigenvalue weighted by molar-refractivity contribution is 8.21. The van der Waals surface area contributed by atoms with Crippen molar-refractivity contribution >= 4 is 28.5 Å². The number of thiocarbonyl (C=S) groups is 1. The van der Waals surface area contributed by atoms with Crippen molar-refractivity contribution in [1.82, 2.24) is 9.62 Å². The summed E-state index contributed by atoms with van der Waals surface area (Å²) in [6.45, 7) is 2.15. The van der Waals surface area contributed by atoms with Gasteiger partial charge in [0.05, 0.1) is 6.07 Å². The number of nitrogens with one attached hydrogen (secondary N) is 1. The summed E-state index contributed by atoms with van der Waals surface area (Å²) in [6.07, 6.45) is 7.95. The van der Waals surface area contributed by atoms with Gasteiger partial charge in [-0.1, -0.05) is 31.5 Å². The monoisotopic (exact) mass is 269 g/mol. The molecule has 1 saturated carbocycles. The maximum atomic E-state index is 9.34. The molecule has 2 aliphatic rings. The van der Waals surface area contributed by atoms with Gasteiger partial charge in [0.25, 0.3) is 0 Å². The topological polar surface area (TPSA) is 39.1 Å². The number of nitriles is 1. The lowest BCUT2D eigenvalue weighted by Gasteiger charge is -2.31. The molecule has 0 aromatic carbocycles. The van der Waals surface area contributed by atoms with Crippen LogP contribution in [0.5, 0.6) is 0 Å². The minimum Gasteiger partial charge on any atom is -0.356 e. The molecule has 1 saturated heterocycles. The highest BCUT2D eigenvalue weighted by atomic mass is 32.2. The van der Waals surface area contributed by atoms with Crippen molar-refractivity contribution < 1.29 is 0 Å². The van der Waals surface area contributed by atoms with E-state index < -0.39 is 0 Å². The fourth-order valence-corrected chi connectivity index (χ4v) is 3.65. The Kier molecular flexibility index (Phi) is 4.66. The van der Waals surface area contributed by atoms with Crippen LogP contribution >= 0.6 is 24.2 Å². The van der Waals surface area contributed by atoms with Crippen molar-refractivity contribution in [1.29, 1.82) is 5.26 Å². The maximum absolute atomic E-state index is 9.34. The first-order chi connectivity index (χ1) is 8.26. The number of rotatable bonds is 2. The number of hydrogen-bond donors (Lipinski definition) is 1. The van der Waals surface area contributed by atoms with Crippen molar-refractivity contribution in [2.75, 3.05) is 13.1 Å². The molecular weight excluding hydrogens is 250 g/mol. The number of likely N-dealkylation sites (tertiary alicyclic amines) is 1. The minimum atomic E-state index is -0.341. The maximum Gasteiger partial charge on any atom is 0.151 e. The Bertz CT molecular complexity index is 312. The standard InChI is InChI=1S/C12H19N3S2/c13-10-12(6-2-1-3-7-12)14-17-11(16)15-8-4-5-9-15/h14H,1-9H2. The highest BCUT2D eigenvalue weighted by Gasteiger charge is 2.32. The zero-order valence-electron chi connectivity index (χ0n) is 10.1. The first-order valence-corrected chi connectivity index (χ1v) is 7.62. The minimum absolute atomic E-state index is 0.341. The van der Waals surface area contributed by atoms with Gasteiger partial charge in [0.15, 0.2) is 4.32 Å². The largest absolute Gasteiger partial charge is 0.356 e. The van der Waals surface area contributed by atoms with Crippen molar-refractivity contribution in [3.8, 4) is 6.07 Å². The third-order valence-electron chi connectivity index (χ3n) is 3.62. The smallest absolute Gasteiger partial charge is 0.151 e. The fraction of sp³-hybridized carbons (Fsp3) is 0.833. The first kappa shape index (κ1) is 13.1. The van der Waals surface area contributed by atoms with Crippen LogP contribution < -0.4 is 4.72 Å². The van der Waals surface area contributed by atoms with Crippen molar-refractivity contribution in [2.24, 2.45) is 0 Å². The van der Waals surface area contributed by atoms with E-state index in [-0.39, 0.29) is 5.54 Å². The molecule has 0 aromatic heterocycles. The molecule has 1 heterocycles. The molecule has 2 rings (SSSR count). The zero-order chi connectivity index (χ0) is 12.1. The molecule has 1 N–H and O–H groups in total. The van der Waals surface area contributed by atoms with E-state index in [4.69, 9.17) is 12.2 Å². The lowest BCUT2D eigenvalue weighted by molar-refractivity contribution is 0.347. The van der Waals surface area contributed by atoms with Crippen LogP contribution in [0.15, 0.2) is 0 Å². The van der Waals surface area contributed by atoms with E-state index in [0.717, 1.165) is 43.1 Å². The third-order valence-corrected chi connectivity index (χ3v) is 5.05. The number of hydrogen-bond acceptors (Lipinski definition) is 4. The van der Waals surface area contributed by atoms with E-state index in [1.807, 2.05) is 0 Å². The molecule has 0 bridgehead atoms. The van der Waals surface area contributed by atoms with Gasteiger partial charge >= 0.3 is 0 Å². The summed E-state index contributed by atoms with van der Waals surface area (Å²) in [4.78, 5) is 2.24. The lowest BCUT2D eigenvalue weighted by Crippen LogP contribution is -2.43. The normalized spacial score (nSPS) is 23.4. The van der Waals surface area contributed by atoms with E-state index in [9.17, 15) is 5.26 Å². The van der Waals surface area contributed by atoms with Gasteiger partial charge < -0.3 is 4.90 Å². The van der Waals surface area contributed by atoms with Crippen LogP contribution in [0.1, 0.15) is 44.9 Å². The summed E-state index contributed by atoms with van der Waals surface area (Å²) < 4.78 is 4.24. The quantitative estimate of drug-likeness (QED) is 0.616. The molecule has 0 spiro atoms. The van der Waals surface area contributed by atoms with Crippen molar-refractivity contribution in [3.63, 3.8) is 0 Å². The van der Waals surface area contributed by atoms with Gasteiger partial charge in [-0.2, -0.15) is 5.26 Å². The van der Waals surface area contributed by atoms with Crippen LogP contribution in [-0.2, 0) is 0 Å². The SMILES string of the molecule is N#CC1(NSC(=S)N2CCCC2)CCCCC1. The van der Waals surface area contributed by atoms with Gasteiger partial charge in [-0.25, -0.2) is 4.72 Å². The Labute approximate surface area is 113 Å². The molecule has 1 aliphatic carbocycles. The van der Waals surface area contributed by atoms with Crippen LogP contribution in [0, 0.1) is 11.3 Å². The van der Waals surface area contributed by atoms with E-state index in [1.165, 1.54) is 31.2 Å². The van der Waals surface area contributed by atoms with Gasteiger partial charge in [-0.15, -0.1) is 0 Å². The summed E-state index contributed by atoms with van der Waals surface area (Å²) >= 11 is 6.89. The van der Waals surface area contributed by atoms with E-state index in [0.29, 0.717) is 0 Å². The molecule has 2 fully saturated rings.